The van der Waals surface area contributed by atoms with E-state index in [0.717, 1.165) is 21.3 Å². The van der Waals surface area contributed by atoms with E-state index in [4.69, 9.17) is 0 Å². The molecule has 7 heteroatoms. The summed E-state index contributed by atoms with van der Waals surface area (Å²) in [7, 11) is 0. The molecule has 1 N–H and O–H groups in total. The minimum absolute atomic E-state index is 0.0471. The van der Waals surface area contributed by atoms with Crippen molar-refractivity contribution in [2.24, 2.45) is 0 Å². The summed E-state index contributed by atoms with van der Waals surface area (Å²) in [6, 6.07) is 12.3. The van der Waals surface area contributed by atoms with E-state index in [0.29, 0.717) is 0 Å². The van der Waals surface area contributed by atoms with Gasteiger partial charge < -0.3 is 9.67 Å². The van der Waals surface area contributed by atoms with Gasteiger partial charge in [0.05, 0.1) is 34.7 Å². The first-order valence-electron chi connectivity index (χ1n) is 8.35. The van der Waals surface area contributed by atoms with Gasteiger partial charge in [0.15, 0.2) is 5.78 Å². The molecule has 0 saturated carbocycles. The summed E-state index contributed by atoms with van der Waals surface area (Å²) in [6.45, 7) is 1.88. The molecule has 2 aromatic heterocycles. The Morgan fingerprint density at radius 3 is 2.81 bits per heavy atom. The van der Waals surface area contributed by atoms with Gasteiger partial charge in [-0.05, 0) is 31.2 Å². The van der Waals surface area contributed by atoms with E-state index in [1.807, 2.05) is 31.2 Å². The van der Waals surface area contributed by atoms with Crippen molar-refractivity contribution in [3.8, 4) is 5.75 Å². The number of aryl methyl sites for hydroxylation is 1. The molecule has 0 aliphatic rings. The summed E-state index contributed by atoms with van der Waals surface area (Å²) < 4.78 is 2.86. The number of phenols is 1. The summed E-state index contributed by atoms with van der Waals surface area (Å²) in [5.41, 5.74) is 2.92. The van der Waals surface area contributed by atoms with E-state index in [-0.39, 0.29) is 35.1 Å². The Kier molecular flexibility index (Phi) is 4.04. The number of carbonyl (C=O) groups excluding carboxylic acids is 2. The molecular formula is C20H16N4O3. The summed E-state index contributed by atoms with van der Waals surface area (Å²) in [4.78, 5) is 29.4. The second kappa shape index (κ2) is 6.53. The van der Waals surface area contributed by atoms with Gasteiger partial charge >= 0.3 is 0 Å². The molecule has 0 radical (unpaired) electrons. The Hall–Kier alpha value is -3.74. The number of fused-ring (bicyclic) bond motifs is 1. The number of hydrogen-bond acceptors (Lipinski definition) is 5. The Bertz CT molecular complexity index is 1170. The smallest absolute Gasteiger partial charge is 0.266 e. The molecule has 0 saturated heterocycles. The van der Waals surface area contributed by atoms with Crippen molar-refractivity contribution in [3.63, 3.8) is 0 Å². The molecular weight excluding hydrogens is 344 g/mol. The molecule has 2 heterocycles. The summed E-state index contributed by atoms with van der Waals surface area (Å²) in [5, 5.41) is 13.9. The molecule has 134 valence electrons. The van der Waals surface area contributed by atoms with Gasteiger partial charge in [-0.15, -0.1) is 0 Å². The first kappa shape index (κ1) is 16.7. The number of hydrogen-bond donors (Lipinski definition) is 1. The van der Waals surface area contributed by atoms with Gasteiger partial charge in [0.25, 0.3) is 5.91 Å². The molecule has 4 aromatic rings. The third kappa shape index (κ3) is 3.10. The fraction of sp³-hybridized carbons (Fsp3) is 0.100. The minimum Gasteiger partial charge on any atom is -0.507 e. The van der Waals surface area contributed by atoms with Gasteiger partial charge in [0.2, 0.25) is 0 Å². The molecule has 0 bridgehead atoms. The Morgan fingerprint density at radius 2 is 1.96 bits per heavy atom. The van der Waals surface area contributed by atoms with Gasteiger partial charge in [-0.25, -0.2) is 9.67 Å². The number of ketones is 1. The van der Waals surface area contributed by atoms with Crippen molar-refractivity contribution in [2.45, 2.75) is 13.5 Å². The van der Waals surface area contributed by atoms with Crippen molar-refractivity contribution in [3.05, 3.63) is 77.9 Å². The number of aromatic hydroxyl groups is 1. The number of benzene rings is 2. The normalized spacial score (nSPS) is 11.0. The van der Waals surface area contributed by atoms with Crippen LogP contribution in [0.2, 0.25) is 0 Å². The minimum atomic E-state index is -0.386. The van der Waals surface area contributed by atoms with E-state index in [1.165, 1.54) is 18.5 Å². The first-order chi connectivity index (χ1) is 13.0. The largest absolute Gasteiger partial charge is 0.507 e. The molecule has 0 aliphatic heterocycles. The zero-order valence-electron chi connectivity index (χ0n) is 14.5. The lowest BCUT2D eigenvalue weighted by Gasteiger charge is -2.04. The highest BCUT2D eigenvalue weighted by Gasteiger charge is 2.18. The number of phenolic OH excluding ortho intramolecular Hbond substituents is 1. The lowest BCUT2D eigenvalue weighted by molar-refractivity contribution is 0.0876. The summed E-state index contributed by atoms with van der Waals surface area (Å²) >= 11 is 0. The molecule has 7 nitrogen and oxygen atoms in total. The van der Waals surface area contributed by atoms with Gasteiger partial charge in [-0.1, -0.05) is 23.8 Å². The summed E-state index contributed by atoms with van der Waals surface area (Å²) in [5.74, 6) is -0.788. The van der Waals surface area contributed by atoms with E-state index in [2.05, 4.69) is 10.1 Å². The van der Waals surface area contributed by atoms with E-state index in [1.54, 1.807) is 23.0 Å². The number of imidazole rings is 1. The molecule has 27 heavy (non-hydrogen) atoms. The zero-order valence-corrected chi connectivity index (χ0v) is 14.5. The number of rotatable bonds is 4. The lowest BCUT2D eigenvalue weighted by Crippen LogP contribution is -2.17. The topological polar surface area (TPSA) is 90.0 Å². The fourth-order valence-electron chi connectivity index (χ4n) is 2.92. The van der Waals surface area contributed by atoms with Gasteiger partial charge in [-0.2, -0.15) is 5.10 Å². The molecule has 0 amide bonds. The number of nitrogens with zero attached hydrogens (tertiary/aromatic N) is 4. The second-order valence-electron chi connectivity index (χ2n) is 6.28. The van der Waals surface area contributed by atoms with Crippen molar-refractivity contribution < 1.29 is 14.7 Å². The number of para-hydroxylation sites is 2. The fourth-order valence-corrected chi connectivity index (χ4v) is 2.92. The molecule has 4 rings (SSSR count). The molecule has 0 atom stereocenters. The average Bonchev–Trinajstić information content (AvgIpc) is 3.31. The predicted octanol–water partition coefficient (Wildman–Crippen LogP) is 2.82. The monoisotopic (exact) mass is 360 g/mol. The molecule has 0 unspecified atom stereocenters. The Morgan fingerprint density at radius 1 is 1.15 bits per heavy atom. The Labute approximate surface area is 154 Å². The quantitative estimate of drug-likeness (QED) is 0.565. The van der Waals surface area contributed by atoms with Crippen LogP contribution in [0, 0.1) is 6.92 Å². The molecule has 0 spiro atoms. The van der Waals surface area contributed by atoms with Crippen LogP contribution in [0.5, 0.6) is 5.75 Å². The number of aromatic nitrogens is 4. The van der Waals surface area contributed by atoms with Crippen LogP contribution in [0.4, 0.5) is 0 Å². The lowest BCUT2D eigenvalue weighted by atomic mass is 10.0. The third-order valence-corrected chi connectivity index (χ3v) is 4.33. The highest BCUT2D eigenvalue weighted by molar-refractivity contribution is 6.10. The van der Waals surface area contributed by atoms with Crippen molar-refractivity contribution >= 4 is 22.7 Å². The third-order valence-electron chi connectivity index (χ3n) is 4.33. The second-order valence-corrected chi connectivity index (χ2v) is 6.28. The van der Waals surface area contributed by atoms with Crippen LogP contribution in [-0.4, -0.2) is 36.1 Å². The maximum absolute atomic E-state index is 12.6. The van der Waals surface area contributed by atoms with Crippen LogP contribution < -0.4 is 0 Å². The van der Waals surface area contributed by atoms with Gasteiger partial charge in [0, 0.05) is 6.20 Å². The average molecular weight is 360 g/mol. The van der Waals surface area contributed by atoms with Crippen LogP contribution in [0.1, 0.15) is 26.3 Å². The van der Waals surface area contributed by atoms with Gasteiger partial charge in [0.1, 0.15) is 12.3 Å². The SMILES string of the molecule is Cc1ccc(O)c(C(=O)c2cnn(C(=O)Cn3cnc4ccccc43)c2)c1. The van der Waals surface area contributed by atoms with Gasteiger partial charge in [-0.3, -0.25) is 9.59 Å². The van der Waals surface area contributed by atoms with Crippen LogP contribution in [0.25, 0.3) is 11.0 Å². The van der Waals surface area contributed by atoms with Crippen LogP contribution in [0.3, 0.4) is 0 Å². The van der Waals surface area contributed by atoms with E-state index >= 15 is 0 Å². The highest BCUT2D eigenvalue weighted by atomic mass is 16.3. The van der Waals surface area contributed by atoms with Crippen LogP contribution in [0.15, 0.2) is 61.2 Å². The molecule has 0 aliphatic carbocycles. The molecule has 0 fully saturated rings. The van der Waals surface area contributed by atoms with Crippen LogP contribution in [-0.2, 0) is 6.54 Å². The predicted molar refractivity (Wildman–Crippen MR) is 98.9 cm³/mol. The van der Waals surface area contributed by atoms with E-state index < -0.39 is 0 Å². The van der Waals surface area contributed by atoms with Crippen molar-refractivity contribution in [1.29, 1.82) is 0 Å². The summed E-state index contributed by atoms with van der Waals surface area (Å²) in [6.07, 6.45) is 4.31. The first-order valence-corrected chi connectivity index (χ1v) is 8.35. The maximum atomic E-state index is 12.6. The number of carbonyl (C=O) groups is 2. The molecule has 2 aromatic carbocycles. The highest BCUT2D eigenvalue weighted by Crippen LogP contribution is 2.21. The van der Waals surface area contributed by atoms with E-state index in [9.17, 15) is 14.7 Å². The van der Waals surface area contributed by atoms with Crippen LogP contribution >= 0.6 is 0 Å². The van der Waals surface area contributed by atoms with Crippen molar-refractivity contribution in [1.82, 2.24) is 19.3 Å². The maximum Gasteiger partial charge on any atom is 0.266 e. The standard InChI is InChI=1S/C20H16N4O3/c1-13-6-7-18(25)15(8-13)20(27)14-9-22-24(10-14)19(26)11-23-12-21-16-4-2-3-5-17(16)23/h2-10,12,25H,11H2,1H3. The zero-order chi connectivity index (χ0) is 19.0. The van der Waals surface area contributed by atoms with Crippen molar-refractivity contribution in [2.75, 3.05) is 0 Å². The Balaban J connectivity index is 1.57.